The van der Waals surface area contributed by atoms with E-state index in [-0.39, 0.29) is 24.8 Å². The molecule has 12 heavy (non-hydrogen) atoms. The summed E-state index contributed by atoms with van der Waals surface area (Å²) in [6.07, 6.45) is 6.14. The number of hydrogen-bond donors (Lipinski definition) is 0. The van der Waals surface area contributed by atoms with Crippen LogP contribution in [0.25, 0.3) is 0 Å². The molecule has 2 rings (SSSR count). The minimum Gasteiger partial charge on any atom is -0.296 e. The molecule has 0 saturated carbocycles. The Bertz CT molecular complexity index is 195. The van der Waals surface area contributed by atoms with Gasteiger partial charge in [-0.2, -0.15) is 4.79 Å². The van der Waals surface area contributed by atoms with E-state index in [2.05, 4.69) is 15.3 Å². The highest BCUT2D eigenvalue weighted by Gasteiger charge is 2.11. The molecule has 0 radical (unpaired) electrons. The Morgan fingerprint density at radius 1 is 1.08 bits per heavy atom. The largest absolute Gasteiger partial charge is 0.296 e. The van der Waals surface area contributed by atoms with Gasteiger partial charge in [0.15, 0.2) is 0 Å². The van der Waals surface area contributed by atoms with Gasteiger partial charge in [-0.1, -0.05) is 0 Å². The topological polar surface area (TPSA) is 34.0 Å². The zero-order chi connectivity index (χ0) is 6.81. The second-order valence-corrected chi connectivity index (χ2v) is 2.48. The molecule has 0 unspecified atom stereocenters. The van der Waals surface area contributed by atoms with Gasteiger partial charge in [0.1, 0.15) is 0 Å². The Kier molecular flexibility index (Phi) is 5.01. The maximum absolute atomic E-state index is 3.89. The molecule has 0 aromatic carbocycles. The lowest BCUT2D eigenvalue weighted by Crippen LogP contribution is -2.31. The predicted molar refractivity (Wildman–Crippen MR) is 51.7 cm³/mol. The van der Waals surface area contributed by atoms with Crippen LogP contribution in [0.5, 0.6) is 0 Å². The summed E-state index contributed by atoms with van der Waals surface area (Å²) in [5.74, 6) is 0. The Hall–Kier alpha value is -0.480. The lowest BCUT2D eigenvalue weighted by molar-refractivity contribution is 0.567. The molecule has 0 spiro atoms. The lowest BCUT2D eigenvalue weighted by Gasteiger charge is -2.14. The number of hydrogen-bond acceptors (Lipinski definition) is 3. The summed E-state index contributed by atoms with van der Waals surface area (Å²) in [5, 5.41) is 9.82. The van der Waals surface area contributed by atoms with E-state index >= 15 is 0 Å². The first-order chi connectivity index (χ1) is 4.97. The molecule has 1 saturated heterocycles. The van der Waals surface area contributed by atoms with E-state index in [1.807, 2.05) is 11.0 Å². The zero-order valence-electron chi connectivity index (χ0n) is 6.59. The van der Waals surface area contributed by atoms with Gasteiger partial charge in [-0.3, -0.25) is 5.01 Å². The molecule has 1 aromatic heterocycles. The van der Waals surface area contributed by atoms with Gasteiger partial charge in [0, 0.05) is 13.1 Å². The molecule has 0 amide bonds. The molecule has 1 fully saturated rings. The third-order valence-corrected chi connectivity index (χ3v) is 1.78. The van der Waals surface area contributed by atoms with Gasteiger partial charge in [-0.25, -0.2) is 0 Å². The number of rotatable bonds is 1. The van der Waals surface area contributed by atoms with Crippen molar-refractivity contribution < 1.29 is 0 Å². The van der Waals surface area contributed by atoms with Crippen molar-refractivity contribution in [3.05, 3.63) is 12.4 Å². The average Bonchev–Trinajstić information content (AvgIpc) is 2.59. The van der Waals surface area contributed by atoms with Crippen molar-refractivity contribution in [3.63, 3.8) is 0 Å². The van der Waals surface area contributed by atoms with Crippen LogP contribution in [-0.4, -0.2) is 28.2 Å². The highest BCUT2D eigenvalue weighted by atomic mass is 35.5. The minimum absolute atomic E-state index is 0. The second kappa shape index (κ2) is 5.22. The van der Waals surface area contributed by atoms with Gasteiger partial charge >= 0.3 is 0 Å². The van der Waals surface area contributed by atoms with E-state index in [1.54, 1.807) is 6.20 Å². The van der Waals surface area contributed by atoms with Crippen LogP contribution in [0.15, 0.2) is 12.4 Å². The molecule has 0 aliphatic carbocycles. The molecule has 0 bridgehead atoms. The summed E-state index contributed by atoms with van der Waals surface area (Å²) in [4.78, 5) is 1.81. The number of aromatic nitrogens is 3. The summed E-state index contributed by atoms with van der Waals surface area (Å²) < 4.78 is 0. The second-order valence-electron chi connectivity index (χ2n) is 2.48. The molecular formula is C6H12Cl2N4. The summed E-state index contributed by atoms with van der Waals surface area (Å²) in [6, 6.07) is 0. The third kappa shape index (κ3) is 2.25. The Balaban J connectivity index is 0.000000605. The van der Waals surface area contributed by atoms with Crippen molar-refractivity contribution in [1.29, 1.82) is 0 Å². The van der Waals surface area contributed by atoms with Gasteiger partial charge in [-0.05, 0) is 18.1 Å². The zero-order valence-corrected chi connectivity index (χ0v) is 8.22. The first-order valence-corrected chi connectivity index (χ1v) is 3.58. The molecule has 2 heterocycles. The quantitative estimate of drug-likeness (QED) is 0.690. The summed E-state index contributed by atoms with van der Waals surface area (Å²) >= 11 is 0. The third-order valence-electron chi connectivity index (χ3n) is 1.78. The monoisotopic (exact) mass is 210 g/mol. The first kappa shape index (κ1) is 11.5. The van der Waals surface area contributed by atoms with Gasteiger partial charge in [0.2, 0.25) is 0 Å². The highest BCUT2D eigenvalue weighted by Crippen LogP contribution is 2.04. The Labute approximate surface area is 83.7 Å². The van der Waals surface area contributed by atoms with Crippen molar-refractivity contribution in [1.82, 2.24) is 15.1 Å². The summed E-state index contributed by atoms with van der Waals surface area (Å²) in [5.41, 5.74) is 0. The fraction of sp³-hybridized carbons (Fsp3) is 0.667. The fourth-order valence-electron chi connectivity index (χ4n) is 1.26. The van der Waals surface area contributed by atoms with Crippen LogP contribution < -0.4 is 5.01 Å². The lowest BCUT2D eigenvalue weighted by atomic mass is 10.4. The molecular weight excluding hydrogens is 199 g/mol. The number of nitrogens with zero attached hydrogens (tertiary/aromatic N) is 4. The molecule has 1 aromatic rings. The predicted octanol–water partition coefficient (Wildman–Crippen LogP) is 0.853. The Morgan fingerprint density at radius 3 is 2.25 bits per heavy atom. The highest BCUT2D eigenvalue weighted by molar-refractivity contribution is 5.85. The maximum atomic E-state index is 3.89. The van der Waals surface area contributed by atoms with E-state index < -0.39 is 0 Å². The van der Waals surface area contributed by atoms with Crippen LogP contribution >= 0.6 is 24.8 Å². The van der Waals surface area contributed by atoms with E-state index in [0.717, 1.165) is 13.1 Å². The molecule has 1 aliphatic heterocycles. The normalized spacial score (nSPS) is 15.2. The van der Waals surface area contributed by atoms with Crippen LogP contribution in [0, 0.1) is 0 Å². The van der Waals surface area contributed by atoms with Crippen molar-refractivity contribution in [3.8, 4) is 0 Å². The molecule has 4 nitrogen and oxygen atoms in total. The van der Waals surface area contributed by atoms with E-state index in [0.29, 0.717) is 0 Å². The smallest absolute Gasteiger partial charge is 0.0715 e. The number of halogens is 2. The molecule has 1 aliphatic rings. The van der Waals surface area contributed by atoms with E-state index in [4.69, 9.17) is 0 Å². The molecule has 0 atom stereocenters. The van der Waals surface area contributed by atoms with Gasteiger partial charge < -0.3 is 0 Å². The molecule has 6 heteroatoms. The van der Waals surface area contributed by atoms with Crippen LogP contribution in [0.2, 0.25) is 0 Å². The Morgan fingerprint density at radius 2 is 1.75 bits per heavy atom. The SMILES string of the molecule is Cl.Cl.c1cn(N2CCCC2)nn1. The average molecular weight is 211 g/mol. The van der Waals surface area contributed by atoms with Gasteiger partial charge in [-0.15, -0.1) is 29.9 Å². The minimum atomic E-state index is 0. The van der Waals surface area contributed by atoms with Gasteiger partial charge in [0.25, 0.3) is 0 Å². The van der Waals surface area contributed by atoms with Crippen LogP contribution in [0.4, 0.5) is 0 Å². The standard InChI is InChI=1S/C6H10N4.2ClH/c1-2-5-9(4-1)10-6-3-7-8-10;;/h3,6H,1-2,4-5H2;2*1H. The van der Waals surface area contributed by atoms with Crippen LogP contribution in [0.3, 0.4) is 0 Å². The summed E-state index contributed by atoms with van der Waals surface area (Å²) in [6.45, 7) is 2.23. The summed E-state index contributed by atoms with van der Waals surface area (Å²) in [7, 11) is 0. The van der Waals surface area contributed by atoms with Crippen molar-refractivity contribution in [2.24, 2.45) is 0 Å². The van der Waals surface area contributed by atoms with Crippen LogP contribution in [0.1, 0.15) is 12.8 Å². The van der Waals surface area contributed by atoms with Gasteiger partial charge in [0.05, 0.1) is 12.4 Å². The molecule has 0 N–H and O–H groups in total. The van der Waals surface area contributed by atoms with E-state index in [1.165, 1.54) is 12.8 Å². The first-order valence-electron chi connectivity index (χ1n) is 3.58. The van der Waals surface area contributed by atoms with Crippen molar-refractivity contribution >= 4 is 24.8 Å². The van der Waals surface area contributed by atoms with E-state index in [9.17, 15) is 0 Å². The van der Waals surface area contributed by atoms with Crippen molar-refractivity contribution in [2.45, 2.75) is 12.8 Å². The fourth-order valence-corrected chi connectivity index (χ4v) is 1.26. The van der Waals surface area contributed by atoms with Crippen LogP contribution in [-0.2, 0) is 0 Å². The van der Waals surface area contributed by atoms with Crippen molar-refractivity contribution in [2.75, 3.05) is 18.1 Å². The maximum Gasteiger partial charge on any atom is 0.0715 e. The molecule has 70 valence electrons.